The highest BCUT2D eigenvalue weighted by Gasteiger charge is 2.46. The van der Waals surface area contributed by atoms with Crippen LogP contribution >= 0.6 is 0 Å². The molecule has 0 spiro atoms. The third-order valence-corrected chi connectivity index (χ3v) is 6.78. The first-order chi connectivity index (χ1) is 18.4. The lowest BCUT2D eigenvalue weighted by Crippen LogP contribution is -2.50. The molecule has 0 fully saturated rings. The molecule has 198 valence electrons. The van der Waals surface area contributed by atoms with Crippen LogP contribution in [0, 0.1) is 0 Å². The van der Waals surface area contributed by atoms with Gasteiger partial charge in [0.2, 0.25) is 0 Å². The van der Waals surface area contributed by atoms with Crippen molar-refractivity contribution in [1.29, 1.82) is 0 Å². The van der Waals surface area contributed by atoms with Gasteiger partial charge >= 0.3 is 20.2 Å². The zero-order chi connectivity index (χ0) is 27.1. The predicted molar refractivity (Wildman–Crippen MR) is 145 cm³/mol. The first-order valence-electron chi connectivity index (χ1n) is 12.5. The second-order valence-electron chi connectivity index (χ2n) is 9.28. The lowest BCUT2D eigenvalue weighted by atomic mass is 9.71. The highest BCUT2D eigenvalue weighted by Crippen LogP contribution is 2.48. The number of ether oxygens (including phenoxy) is 3. The molecule has 3 aromatic rings. The van der Waals surface area contributed by atoms with Gasteiger partial charge in [-0.05, 0) is 23.1 Å². The fourth-order valence-electron chi connectivity index (χ4n) is 4.97. The van der Waals surface area contributed by atoms with E-state index < -0.39 is 31.9 Å². The van der Waals surface area contributed by atoms with E-state index >= 15 is 0 Å². The van der Waals surface area contributed by atoms with Gasteiger partial charge in [-0.25, -0.2) is 0 Å². The molecular weight excluding hydrogens is 486 g/mol. The fraction of sp³-hybridized carbons (Fsp3) is 0.321. The molecule has 0 unspecified atom stereocenters. The number of hydrogen-bond acceptors (Lipinski definition) is 8. The Bertz CT molecular complexity index is 1210. The molecule has 0 aliphatic heterocycles. The summed E-state index contributed by atoms with van der Waals surface area (Å²) in [6.07, 6.45) is 0.157. The van der Waals surface area contributed by atoms with Crippen molar-refractivity contribution >= 4 is 31.1 Å². The second-order valence-corrected chi connectivity index (χ2v) is 9.28. The van der Waals surface area contributed by atoms with Gasteiger partial charge in [-0.2, -0.15) is 0 Å². The molecule has 2 N–H and O–H groups in total. The Morgan fingerprint density at radius 3 is 2.05 bits per heavy atom. The van der Waals surface area contributed by atoms with E-state index in [0.29, 0.717) is 28.8 Å². The summed E-state index contributed by atoms with van der Waals surface area (Å²) < 4.78 is 29.3. The van der Waals surface area contributed by atoms with Crippen LogP contribution in [-0.4, -0.2) is 56.7 Å². The summed E-state index contributed by atoms with van der Waals surface area (Å²) in [5.41, 5.74) is 1.66. The number of methoxy groups -OCH3 is 2. The third kappa shape index (κ3) is 6.39. The van der Waals surface area contributed by atoms with Gasteiger partial charge in [0.15, 0.2) is 0 Å². The Hall–Kier alpha value is -3.30. The van der Waals surface area contributed by atoms with Gasteiger partial charge in [0.05, 0.1) is 32.5 Å². The maximum atomic E-state index is 11.6. The summed E-state index contributed by atoms with van der Waals surface area (Å²) >= 11 is 0. The fourth-order valence-corrected chi connectivity index (χ4v) is 4.97. The summed E-state index contributed by atoms with van der Waals surface area (Å²) in [6, 6.07) is 21.7. The molecule has 2 atom stereocenters. The first-order valence-corrected chi connectivity index (χ1v) is 12.5. The zero-order valence-electron chi connectivity index (χ0n) is 21.8. The van der Waals surface area contributed by atoms with Gasteiger partial charge in [-0.15, -0.1) is 0 Å². The van der Waals surface area contributed by atoms with E-state index in [9.17, 15) is 14.8 Å². The lowest BCUT2D eigenvalue weighted by Gasteiger charge is -2.44. The van der Waals surface area contributed by atoms with Crippen LogP contribution in [0.1, 0.15) is 37.0 Å². The van der Waals surface area contributed by atoms with E-state index in [2.05, 4.69) is 0 Å². The molecule has 0 bridgehead atoms. The van der Waals surface area contributed by atoms with Crippen LogP contribution in [0.3, 0.4) is 0 Å². The highest BCUT2D eigenvalue weighted by atomic mass is 16.6. The summed E-state index contributed by atoms with van der Waals surface area (Å²) in [5.74, 6) is 0.771. The van der Waals surface area contributed by atoms with Crippen LogP contribution in [0.5, 0.6) is 11.5 Å². The summed E-state index contributed by atoms with van der Waals surface area (Å²) in [4.78, 5) is 11.6. The Morgan fingerprint density at radius 1 is 0.895 bits per heavy atom. The maximum absolute atomic E-state index is 11.6. The van der Waals surface area contributed by atoms with Gasteiger partial charge in [-0.3, -0.25) is 4.79 Å². The van der Waals surface area contributed by atoms with E-state index in [1.165, 1.54) is 6.92 Å². The number of rotatable bonds is 11. The molecule has 0 aromatic heterocycles. The van der Waals surface area contributed by atoms with Crippen LogP contribution in [0.2, 0.25) is 0 Å². The van der Waals surface area contributed by atoms with Crippen molar-refractivity contribution in [3.8, 4) is 11.5 Å². The smallest absolute Gasteiger partial charge is 0.491 e. The van der Waals surface area contributed by atoms with E-state index in [1.54, 1.807) is 50.6 Å². The topological polar surface area (TPSA) is 104 Å². The van der Waals surface area contributed by atoms with Crippen molar-refractivity contribution in [3.05, 3.63) is 83.9 Å². The van der Waals surface area contributed by atoms with Gasteiger partial charge in [0.1, 0.15) is 11.5 Å². The average molecular weight is 518 g/mol. The predicted octanol–water partition coefficient (Wildman–Crippen LogP) is 2.19. The minimum atomic E-state index is -1.24. The molecule has 3 aromatic carbocycles. The Morgan fingerprint density at radius 2 is 1.47 bits per heavy atom. The summed E-state index contributed by atoms with van der Waals surface area (Å²) in [5, 5.41) is 22.1. The normalized spacial score (nSPS) is 18.3. The molecule has 1 aliphatic carbocycles. The van der Waals surface area contributed by atoms with E-state index in [1.807, 2.05) is 36.4 Å². The maximum Gasteiger partial charge on any atom is 0.491 e. The molecule has 0 radical (unpaired) electrons. The van der Waals surface area contributed by atoms with E-state index in [-0.39, 0.29) is 19.4 Å². The Kier molecular flexibility index (Phi) is 9.12. The molecule has 1 aliphatic rings. The monoisotopic (exact) mass is 518 g/mol. The Labute approximate surface area is 223 Å². The largest absolute Gasteiger partial charge is 0.496 e. The number of esters is 1. The molecule has 10 heteroatoms. The molecule has 0 saturated heterocycles. The number of fused-ring (bicyclic) bond motifs is 1. The second kappa shape index (κ2) is 12.5. The zero-order valence-corrected chi connectivity index (χ0v) is 21.8. The van der Waals surface area contributed by atoms with Crippen LogP contribution in [0.15, 0.2) is 72.8 Å². The van der Waals surface area contributed by atoms with Crippen molar-refractivity contribution in [3.63, 3.8) is 0 Å². The number of carbonyl (C=O) groups is 1. The van der Waals surface area contributed by atoms with E-state index in [0.717, 1.165) is 11.1 Å². The summed E-state index contributed by atoms with van der Waals surface area (Å²) in [6.45, 7) is 1.42. The molecule has 4 rings (SSSR count). The van der Waals surface area contributed by atoms with Crippen molar-refractivity contribution in [2.45, 2.75) is 37.9 Å². The lowest BCUT2D eigenvalue weighted by molar-refractivity contribution is -0.142. The molecular formula is C28H32B2O8. The van der Waals surface area contributed by atoms with Gasteiger partial charge in [0, 0.05) is 37.3 Å². The standard InChI is InChI=1S/C28H32B2O8/c1-20(31)36-17-16-28(38-30(33)22-12-8-5-9-13-22)18-23-24(34-2)14-15-25(35-3)27(23)26(19-28)37-29(32)21-10-6-4-7-11-21/h4-15,26,32-33H,16-19H2,1-3H3/t26-,28-/m0/s1. The van der Waals surface area contributed by atoms with Crippen molar-refractivity contribution in [2.24, 2.45) is 0 Å². The average Bonchev–Trinajstić information content (AvgIpc) is 2.93. The minimum absolute atomic E-state index is 0.0758. The number of benzene rings is 3. The first kappa shape index (κ1) is 27.7. The van der Waals surface area contributed by atoms with Crippen LogP contribution < -0.4 is 20.4 Å². The van der Waals surface area contributed by atoms with Crippen molar-refractivity contribution < 1.29 is 38.4 Å². The molecule has 8 nitrogen and oxygen atoms in total. The molecule has 38 heavy (non-hydrogen) atoms. The van der Waals surface area contributed by atoms with Gasteiger partial charge in [-0.1, -0.05) is 60.7 Å². The molecule has 0 saturated carbocycles. The molecule has 0 amide bonds. The highest BCUT2D eigenvalue weighted by molar-refractivity contribution is 6.60. The van der Waals surface area contributed by atoms with Gasteiger partial charge < -0.3 is 33.6 Å². The minimum Gasteiger partial charge on any atom is -0.496 e. The quantitative estimate of drug-likeness (QED) is 0.294. The molecule has 0 heterocycles. The SMILES string of the molecule is COc1ccc(OC)c2c1C[C@](CCOC(C)=O)(OB(O)c1ccccc1)C[C@@H]2OB(O)c1ccccc1. The van der Waals surface area contributed by atoms with Crippen LogP contribution in [0.4, 0.5) is 0 Å². The third-order valence-electron chi connectivity index (χ3n) is 6.78. The van der Waals surface area contributed by atoms with Crippen molar-refractivity contribution in [1.82, 2.24) is 0 Å². The summed E-state index contributed by atoms with van der Waals surface area (Å²) in [7, 11) is 0.677. The van der Waals surface area contributed by atoms with E-state index in [4.69, 9.17) is 23.5 Å². The Balaban J connectivity index is 1.77. The van der Waals surface area contributed by atoms with Crippen LogP contribution in [-0.2, 0) is 25.3 Å². The number of hydrogen-bond donors (Lipinski definition) is 2. The van der Waals surface area contributed by atoms with Gasteiger partial charge in [0.25, 0.3) is 0 Å². The van der Waals surface area contributed by atoms with Crippen LogP contribution in [0.25, 0.3) is 0 Å². The van der Waals surface area contributed by atoms with Crippen molar-refractivity contribution in [2.75, 3.05) is 20.8 Å². The number of carbonyl (C=O) groups excluding carboxylic acids is 1.